The third kappa shape index (κ3) is 6.59. The van der Waals surface area contributed by atoms with Crippen molar-refractivity contribution in [3.63, 3.8) is 0 Å². The van der Waals surface area contributed by atoms with Crippen molar-refractivity contribution in [2.24, 2.45) is 4.99 Å². The number of nitrogens with one attached hydrogen (secondary N) is 1. The quantitative estimate of drug-likeness (QED) is 0.418. The molecule has 1 saturated heterocycles. The lowest BCUT2D eigenvalue weighted by Crippen LogP contribution is -2.60. The molecule has 7 heteroatoms. The molecule has 0 atom stereocenters. The van der Waals surface area contributed by atoms with E-state index in [1.165, 1.54) is 6.08 Å². The highest BCUT2D eigenvalue weighted by atomic mass is 16.6. The number of hydrogen-bond donors (Lipinski definition) is 1. The molecule has 0 saturated carbocycles. The molecule has 0 unspecified atom stereocenters. The Kier molecular flexibility index (Phi) is 7.87. The monoisotopic (exact) mass is 340 g/mol. The number of ether oxygens (including phenoxy) is 1. The van der Waals surface area contributed by atoms with Crippen LogP contribution in [0, 0.1) is 0 Å². The second kappa shape index (κ2) is 9.16. The molecule has 24 heavy (non-hydrogen) atoms. The average Bonchev–Trinajstić information content (AvgIpc) is 2.47. The zero-order chi connectivity index (χ0) is 18.2. The lowest BCUT2D eigenvalue weighted by atomic mass is 9.80. The van der Waals surface area contributed by atoms with Gasteiger partial charge in [-0.2, -0.15) is 0 Å². The highest BCUT2D eigenvalue weighted by Crippen LogP contribution is 2.38. The van der Waals surface area contributed by atoms with Gasteiger partial charge < -0.3 is 10.1 Å². The van der Waals surface area contributed by atoms with Gasteiger partial charge in [-0.25, -0.2) is 14.6 Å². The molecule has 0 spiro atoms. The van der Waals surface area contributed by atoms with Crippen molar-refractivity contribution in [3.05, 3.63) is 0 Å². The lowest BCUT2D eigenvalue weighted by molar-refractivity contribution is -0.298. The number of aliphatic imine (C=N–C) groups is 1. The highest BCUT2D eigenvalue weighted by molar-refractivity contribution is 5.67. The van der Waals surface area contributed by atoms with E-state index in [2.05, 4.69) is 10.3 Å². The van der Waals surface area contributed by atoms with Gasteiger partial charge >= 0.3 is 6.09 Å². The summed E-state index contributed by atoms with van der Waals surface area (Å²) >= 11 is 0. The van der Waals surface area contributed by atoms with E-state index in [0.717, 1.165) is 30.7 Å². The van der Waals surface area contributed by atoms with Crippen molar-refractivity contribution in [2.45, 2.75) is 83.4 Å². The summed E-state index contributed by atoms with van der Waals surface area (Å²) in [4.78, 5) is 25.3. The first-order valence-electron chi connectivity index (χ1n) is 8.64. The van der Waals surface area contributed by atoms with Crippen molar-refractivity contribution in [3.8, 4) is 0 Å². The molecule has 1 N–H and O–H groups in total. The number of unbranched alkanes of at least 4 members (excludes halogenated alkanes) is 3. The molecule has 1 rings (SSSR count). The van der Waals surface area contributed by atoms with Crippen molar-refractivity contribution in [1.82, 2.24) is 10.4 Å². The maximum absolute atomic E-state index is 12.3. The third-order valence-corrected chi connectivity index (χ3v) is 4.36. The normalized spacial score (nSPS) is 20.2. The van der Waals surface area contributed by atoms with Crippen LogP contribution in [-0.2, 0) is 14.7 Å². The van der Waals surface area contributed by atoms with Crippen molar-refractivity contribution in [1.29, 1.82) is 0 Å². The van der Waals surface area contributed by atoms with E-state index in [1.807, 2.05) is 27.7 Å². The number of rotatable bonds is 8. The molecular weight excluding hydrogens is 310 g/mol. The van der Waals surface area contributed by atoms with Gasteiger partial charge in [0.2, 0.25) is 6.08 Å². The second-order valence-electron chi connectivity index (χ2n) is 7.67. The molecule has 1 radical (unpaired) electrons. The molecule has 1 heterocycles. The van der Waals surface area contributed by atoms with Gasteiger partial charge in [0, 0.05) is 30.5 Å². The third-order valence-electron chi connectivity index (χ3n) is 4.36. The fourth-order valence-corrected chi connectivity index (χ4v) is 3.35. The second-order valence-corrected chi connectivity index (χ2v) is 7.67. The van der Waals surface area contributed by atoms with Gasteiger partial charge in [0.25, 0.3) is 0 Å². The minimum absolute atomic E-state index is 0.249. The van der Waals surface area contributed by atoms with Crippen LogP contribution >= 0.6 is 0 Å². The molecule has 1 aliphatic heterocycles. The summed E-state index contributed by atoms with van der Waals surface area (Å²) in [5.74, 6) is 0. The summed E-state index contributed by atoms with van der Waals surface area (Å²) in [6.45, 7) is 8.59. The fourth-order valence-electron chi connectivity index (χ4n) is 3.35. The fraction of sp³-hybridized carbons (Fsp3) is 0.882. The average molecular weight is 340 g/mol. The first kappa shape index (κ1) is 20.6. The number of hydroxylamine groups is 2. The molecule has 137 valence electrons. The minimum atomic E-state index is -0.545. The number of carbonyl (C=O) groups excluding carboxylic acids is 2. The van der Waals surface area contributed by atoms with Gasteiger partial charge in [0.15, 0.2) is 0 Å². The molecule has 0 aromatic carbocycles. The van der Waals surface area contributed by atoms with Crippen LogP contribution in [0.2, 0.25) is 0 Å². The molecule has 1 amide bonds. The number of carbonyl (C=O) groups is 1. The van der Waals surface area contributed by atoms with E-state index in [-0.39, 0.29) is 6.10 Å². The van der Waals surface area contributed by atoms with Gasteiger partial charge in [-0.1, -0.05) is 12.8 Å². The Morgan fingerprint density at radius 2 is 1.75 bits per heavy atom. The van der Waals surface area contributed by atoms with Gasteiger partial charge in [0.05, 0.1) is 6.54 Å². The summed E-state index contributed by atoms with van der Waals surface area (Å²) in [5.41, 5.74) is -1.09. The summed E-state index contributed by atoms with van der Waals surface area (Å²) in [6, 6.07) is 0. The van der Waals surface area contributed by atoms with Gasteiger partial charge in [-0.05, 0) is 40.5 Å². The molecule has 1 aliphatic rings. The minimum Gasteiger partial charge on any atom is -0.446 e. The highest BCUT2D eigenvalue weighted by Gasteiger charge is 2.47. The van der Waals surface area contributed by atoms with E-state index in [1.54, 1.807) is 0 Å². The number of nitrogens with zero attached hydrogens (tertiary/aromatic N) is 2. The Morgan fingerprint density at radius 1 is 1.17 bits per heavy atom. The van der Waals surface area contributed by atoms with E-state index < -0.39 is 17.2 Å². The van der Waals surface area contributed by atoms with E-state index in [9.17, 15) is 14.8 Å². The summed E-state index contributed by atoms with van der Waals surface area (Å²) in [7, 11) is 0. The van der Waals surface area contributed by atoms with Gasteiger partial charge in [-0.15, -0.1) is 10.3 Å². The molecular formula is C17H30N3O4. The number of piperidine rings is 1. The van der Waals surface area contributed by atoms with Gasteiger partial charge in [0.1, 0.15) is 6.10 Å². The van der Waals surface area contributed by atoms with Gasteiger partial charge in [-0.3, -0.25) is 0 Å². The van der Waals surface area contributed by atoms with Crippen molar-refractivity contribution >= 4 is 12.2 Å². The Balaban J connectivity index is 2.24. The van der Waals surface area contributed by atoms with Crippen LogP contribution in [-0.4, -0.2) is 47.5 Å². The predicted octanol–water partition coefficient (Wildman–Crippen LogP) is 2.98. The first-order valence-corrected chi connectivity index (χ1v) is 8.64. The first-order chi connectivity index (χ1) is 11.2. The van der Waals surface area contributed by atoms with E-state index in [0.29, 0.717) is 25.9 Å². The number of alkyl carbamates (subject to hydrolysis) is 1. The molecule has 0 aliphatic carbocycles. The largest absolute Gasteiger partial charge is 0.446 e. The molecule has 7 nitrogen and oxygen atoms in total. The molecule has 0 bridgehead atoms. The number of hydrogen-bond acceptors (Lipinski definition) is 5. The molecule has 0 aromatic rings. The van der Waals surface area contributed by atoms with Crippen molar-refractivity contribution in [2.75, 3.05) is 13.1 Å². The maximum atomic E-state index is 12.3. The van der Waals surface area contributed by atoms with Crippen LogP contribution in [0.15, 0.2) is 4.99 Å². The SMILES string of the molecule is CC1(C)CC(OC(=O)NCCCCCCN=C=O)CC(C)(C)N1[O]. The van der Waals surface area contributed by atoms with Crippen molar-refractivity contribution < 1.29 is 19.5 Å². The maximum Gasteiger partial charge on any atom is 0.407 e. The predicted molar refractivity (Wildman–Crippen MR) is 89.6 cm³/mol. The van der Waals surface area contributed by atoms with E-state index >= 15 is 0 Å². The lowest BCUT2D eigenvalue weighted by Gasteiger charge is -2.49. The molecule has 0 aromatic heterocycles. The number of amides is 1. The van der Waals surface area contributed by atoms with Crippen LogP contribution in [0.25, 0.3) is 0 Å². The Bertz CT molecular complexity index is 441. The van der Waals surface area contributed by atoms with Crippen LogP contribution in [0.1, 0.15) is 66.2 Å². The number of isocyanates is 1. The standard InChI is InChI=1S/C17H30N3O4/c1-16(2)11-14(12-17(3,4)20(16)23)24-15(22)19-10-8-6-5-7-9-18-13-21/h14H,5-12H2,1-4H3,(H,19,22). The van der Waals surface area contributed by atoms with Crippen LogP contribution < -0.4 is 5.32 Å². The summed E-state index contributed by atoms with van der Waals surface area (Å²) < 4.78 is 5.50. The zero-order valence-corrected chi connectivity index (χ0v) is 15.3. The van der Waals surface area contributed by atoms with Crippen LogP contribution in [0.3, 0.4) is 0 Å². The Labute approximate surface area is 144 Å². The van der Waals surface area contributed by atoms with Crippen LogP contribution in [0.4, 0.5) is 4.79 Å². The smallest absolute Gasteiger partial charge is 0.407 e. The zero-order valence-electron chi connectivity index (χ0n) is 15.3. The topological polar surface area (TPSA) is 90.9 Å². The van der Waals surface area contributed by atoms with Crippen LogP contribution in [0.5, 0.6) is 0 Å². The Hall–Kier alpha value is -1.43. The summed E-state index contributed by atoms with van der Waals surface area (Å²) in [5, 5.41) is 16.1. The van der Waals surface area contributed by atoms with E-state index in [4.69, 9.17) is 4.74 Å². The summed E-state index contributed by atoms with van der Waals surface area (Å²) in [6.07, 6.45) is 5.55. The molecule has 1 fully saturated rings. The Morgan fingerprint density at radius 3 is 2.33 bits per heavy atom.